The molecule has 3 nitrogen and oxygen atoms in total. The fourth-order valence-corrected chi connectivity index (χ4v) is 0.453. The molecule has 0 amide bonds. The van der Waals surface area contributed by atoms with Gasteiger partial charge in [-0.05, 0) is 5.92 Å². The second kappa shape index (κ2) is 4.71. The van der Waals surface area contributed by atoms with Crippen LogP contribution in [-0.4, -0.2) is 10.2 Å². The molecule has 0 fully saturated rings. The second-order valence-corrected chi connectivity index (χ2v) is 2.01. The van der Waals surface area contributed by atoms with Crippen molar-refractivity contribution in [2.24, 2.45) is 0 Å². The van der Waals surface area contributed by atoms with Gasteiger partial charge in [0.2, 0.25) is 0 Å². The molecule has 0 saturated heterocycles. The van der Waals surface area contributed by atoms with E-state index in [1.54, 1.807) is 6.20 Å². The van der Waals surface area contributed by atoms with Crippen molar-refractivity contribution < 1.29 is 58.2 Å². The fraction of sp³-hybridized carbons (Fsp3) is 0.600. The van der Waals surface area contributed by atoms with Crippen LogP contribution in [0.3, 0.4) is 0 Å². The van der Waals surface area contributed by atoms with Crippen molar-refractivity contribution in [2.75, 3.05) is 0 Å². The minimum Gasteiger partial charge on any atom is -0.493 e. The Balaban J connectivity index is 0.000000640. The maximum absolute atomic E-state index is 3.75. The number of hydrogen-bond donors (Lipinski definition) is 0. The Hall–Kier alpha value is 0.945. The molecule has 1 rings (SSSR count). The van der Waals surface area contributed by atoms with Gasteiger partial charge in [0.25, 0.3) is 0 Å². The minimum atomic E-state index is 0. The third-order valence-electron chi connectivity index (χ3n) is 0.993. The van der Waals surface area contributed by atoms with E-state index >= 15 is 0 Å². The Bertz CT molecular complexity index is 147. The molecule has 0 saturated carbocycles. The molecular formula is C5H8N3Rb. The summed E-state index contributed by atoms with van der Waals surface area (Å²) in [6.07, 6.45) is 1.69. The molecule has 0 atom stereocenters. The van der Waals surface area contributed by atoms with Gasteiger partial charge in [0.05, 0.1) is 0 Å². The molecule has 1 aromatic heterocycles. The third kappa shape index (κ3) is 3.02. The van der Waals surface area contributed by atoms with Crippen molar-refractivity contribution in [3.05, 3.63) is 11.9 Å². The molecule has 0 aliphatic carbocycles. The second-order valence-electron chi connectivity index (χ2n) is 2.01. The van der Waals surface area contributed by atoms with Crippen LogP contribution < -0.4 is 63.4 Å². The van der Waals surface area contributed by atoms with Gasteiger partial charge in [0, 0.05) is 11.9 Å². The zero-order valence-corrected chi connectivity index (χ0v) is 10.9. The minimum absolute atomic E-state index is 0. The molecule has 4 heteroatoms. The molecule has 0 aliphatic rings. The summed E-state index contributed by atoms with van der Waals surface area (Å²) >= 11 is 0. The largest absolute Gasteiger partial charge is 1.00 e. The van der Waals surface area contributed by atoms with Crippen LogP contribution in [0.1, 0.15) is 25.5 Å². The SMILES string of the molecule is CC(C)c1cn[n-]n1.[Rb+]. The molecule has 0 unspecified atom stereocenters. The number of rotatable bonds is 1. The first-order chi connectivity index (χ1) is 3.80. The van der Waals surface area contributed by atoms with Crippen LogP contribution in [0.25, 0.3) is 0 Å². The maximum Gasteiger partial charge on any atom is 1.00 e. The van der Waals surface area contributed by atoms with Gasteiger partial charge in [0.15, 0.2) is 0 Å². The summed E-state index contributed by atoms with van der Waals surface area (Å²) in [7, 11) is 0. The summed E-state index contributed by atoms with van der Waals surface area (Å²) < 4.78 is 0. The summed E-state index contributed by atoms with van der Waals surface area (Å²) in [4.78, 5) is 0. The Labute approximate surface area is 103 Å². The zero-order chi connectivity index (χ0) is 5.98. The Morgan fingerprint density at radius 3 is 2.44 bits per heavy atom. The van der Waals surface area contributed by atoms with Gasteiger partial charge in [-0.15, -0.1) is 0 Å². The van der Waals surface area contributed by atoms with Crippen LogP contribution >= 0.6 is 0 Å². The number of hydrogen-bond acceptors (Lipinski definition) is 2. The summed E-state index contributed by atoms with van der Waals surface area (Å²) in [5.41, 5.74) is 0.963. The molecule has 0 aromatic carbocycles. The Kier molecular flexibility index (Phi) is 5.21. The molecule has 0 aliphatic heterocycles. The van der Waals surface area contributed by atoms with Crippen molar-refractivity contribution in [3.8, 4) is 0 Å². The number of nitrogens with zero attached hydrogens (tertiary/aromatic N) is 3. The number of aromatic nitrogens is 3. The maximum atomic E-state index is 3.75. The molecule has 44 valence electrons. The molecular weight excluding hydrogens is 188 g/mol. The van der Waals surface area contributed by atoms with E-state index in [0.29, 0.717) is 5.92 Å². The predicted octanol–water partition coefficient (Wildman–Crippen LogP) is -2.44. The normalized spacial score (nSPS) is 9.22. The van der Waals surface area contributed by atoms with Crippen molar-refractivity contribution >= 4 is 0 Å². The van der Waals surface area contributed by atoms with E-state index in [1.807, 2.05) is 0 Å². The van der Waals surface area contributed by atoms with Crippen molar-refractivity contribution in [1.82, 2.24) is 15.4 Å². The van der Waals surface area contributed by atoms with Gasteiger partial charge < -0.3 is 15.4 Å². The van der Waals surface area contributed by atoms with E-state index in [1.165, 1.54) is 0 Å². The van der Waals surface area contributed by atoms with E-state index in [0.717, 1.165) is 5.69 Å². The van der Waals surface area contributed by atoms with Crippen molar-refractivity contribution in [2.45, 2.75) is 19.8 Å². The topological polar surface area (TPSA) is 39.9 Å². The summed E-state index contributed by atoms with van der Waals surface area (Å²) in [6, 6.07) is 0. The van der Waals surface area contributed by atoms with E-state index in [4.69, 9.17) is 0 Å². The van der Waals surface area contributed by atoms with Gasteiger partial charge in [-0.2, -0.15) is 0 Å². The molecule has 9 heavy (non-hydrogen) atoms. The van der Waals surface area contributed by atoms with Gasteiger partial charge >= 0.3 is 58.2 Å². The van der Waals surface area contributed by atoms with Gasteiger partial charge in [-0.25, -0.2) is 0 Å². The van der Waals surface area contributed by atoms with E-state index in [-0.39, 0.29) is 58.2 Å². The van der Waals surface area contributed by atoms with Crippen LogP contribution in [0, 0.1) is 0 Å². The third-order valence-corrected chi connectivity index (χ3v) is 0.993. The average Bonchev–Trinajstić information content (AvgIpc) is 2.12. The summed E-state index contributed by atoms with van der Waals surface area (Å²) in [6.45, 7) is 4.12. The van der Waals surface area contributed by atoms with Gasteiger partial charge in [-0.1, -0.05) is 13.8 Å². The van der Waals surface area contributed by atoms with E-state index in [2.05, 4.69) is 29.3 Å². The zero-order valence-electron chi connectivity index (χ0n) is 6.00. The first-order valence-corrected chi connectivity index (χ1v) is 2.61. The molecule has 0 spiro atoms. The van der Waals surface area contributed by atoms with Crippen LogP contribution in [0.4, 0.5) is 0 Å². The predicted molar refractivity (Wildman–Crippen MR) is 29.4 cm³/mol. The van der Waals surface area contributed by atoms with Crippen LogP contribution in [0.2, 0.25) is 0 Å². The molecule has 1 aromatic rings. The first kappa shape index (κ1) is 9.95. The quantitative estimate of drug-likeness (QED) is 0.500. The van der Waals surface area contributed by atoms with E-state index < -0.39 is 0 Å². The molecule has 0 N–H and O–H groups in total. The summed E-state index contributed by atoms with van der Waals surface area (Å²) in [5, 5.41) is 10.8. The van der Waals surface area contributed by atoms with Crippen LogP contribution in [0.15, 0.2) is 6.20 Å². The van der Waals surface area contributed by atoms with Gasteiger partial charge in [0.1, 0.15) is 0 Å². The van der Waals surface area contributed by atoms with Crippen LogP contribution in [-0.2, 0) is 0 Å². The average molecular weight is 196 g/mol. The monoisotopic (exact) mass is 195 g/mol. The Morgan fingerprint density at radius 2 is 2.22 bits per heavy atom. The molecule has 0 radical (unpaired) electrons. The Morgan fingerprint density at radius 1 is 1.56 bits per heavy atom. The fourth-order valence-electron chi connectivity index (χ4n) is 0.453. The first-order valence-electron chi connectivity index (χ1n) is 2.61. The summed E-state index contributed by atoms with van der Waals surface area (Å²) in [5.74, 6) is 0.449. The van der Waals surface area contributed by atoms with Crippen molar-refractivity contribution in [1.29, 1.82) is 0 Å². The molecule has 1 heterocycles. The molecule has 0 bridgehead atoms. The smallest absolute Gasteiger partial charge is 0.493 e. The van der Waals surface area contributed by atoms with E-state index in [9.17, 15) is 0 Å². The van der Waals surface area contributed by atoms with Gasteiger partial charge in [-0.3, -0.25) is 0 Å². The standard InChI is InChI=1S/C5H8N3.Rb/c1-4(2)5-3-6-8-7-5;/h3-4H,1-2H3;/q-1;+1. The van der Waals surface area contributed by atoms with Crippen molar-refractivity contribution in [3.63, 3.8) is 0 Å². The van der Waals surface area contributed by atoms with Crippen LogP contribution in [0.5, 0.6) is 0 Å².